The number of benzene rings is 14. The molecular weight excluding hydrogens is 1870 g/mol. The van der Waals surface area contributed by atoms with Gasteiger partial charge in [0, 0.05) is 70.5 Å². The molecule has 19 rings (SSSR count). The van der Waals surface area contributed by atoms with Gasteiger partial charge >= 0.3 is 51.4 Å². The number of rotatable bonds is 6. The fourth-order valence-electron chi connectivity index (χ4n) is 21.6. The molecule has 5 heterocycles. The van der Waals surface area contributed by atoms with Crippen molar-refractivity contribution in [2.45, 2.75) is 337 Å². The van der Waals surface area contributed by atoms with Crippen LogP contribution in [0.1, 0.15) is 336 Å². The molecule has 0 spiro atoms. The molecule has 0 atom stereocenters. The van der Waals surface area contributed by atoms with E-state index in [1.54, 1.807) is 53.7 Å². The average molecular weight is 2030 g/mol. The number of aromatic nitrogens is 5. The number of nitrogens with one attached hydrogen (secondary N) is 1. The summed E-state index contributed by atoms with van der Waals surface area (Å²) >= 11 is 0. The van der Waals surface area contributed by atoms with Gasteiger partial charge in [-0.25, -0.2) is 17.6 Å². The van der Waals surface area contributed by atoms with Crippen LogP contribution in [0.2, 0.25) is 0 Å². The second kappa shape index (κ2) is 39.8. The Morgan fingerprint density at radius 2 is 0.393 bits per heavy atom. The van der Waals surface area contributed by atoms with Gasteiger partial charge in [0.05, 0.1) is 72.4 Å². The van der Waals surface area contributed by atoms with E-state index < -0.39 is 40.0 Å². The topological polar surface area (TPSA) is 106 Å². The largest absolute Gasteiger partial charge is 1.00 e. The molecule has 0 aliphatic carbocycles. The number of aryl methyl sites for hydroxylation is 6. The molecule has 0 aliphatic heterocycles. The maximum atomic E-state index is 14.1. The molecule has 0 bridgehead atoms. The molecule has 150 heavy (non-hydrogen) atoms. The molecule has 774 valence electrons. The molecule has 0 unspecified atom stereocenters. The quantitative estimate of drug-likeness (QED) is 0.102. The first kappa shape index (κ1) is 114. The van der Waals surface area contributed by atoms with E-state index in [1.807, 2.05) is 0 Å². The van der Waals surface area contributed by atoms with Crippen molar-refractivity contribution in [3.63, 3.8) is 0 Å². The number of hydrogen-bond acceptors (Lipinski definition) is 3. The summed E-state index contributed by atoms with van der Waals surface area (Å²) in [4.78, 5) is 3.54. The number of nitriles is 2. The van der Waals surface area contributed by atoms with Crippen molar-refractivity contribution < 1.29 is 74.1 Å². The van der Waals surface area contributed by atoms with Crippen LogP contribution in [0.3, 0.4) is 0 Å². The summed E-state index contributed by atoms with van der Waals surface area (Å²) in [6.45, 7) is 86.3. The Labute approximate surface area is 932 Å². The van der Waals surface area contributed by atoms with E-state index in [9.17, 15) is 27.9 Å². The number of aromatic amines is 1. The van der Waals surface area contributed by atoms with Gasteiger partial charge in [0.25, 0.3) is 0 Å². The van der Waals surface area contributed by atoms with Gasteiger partial charge in [0.2, 0.25) is 0 Å². The molecule has 5 aromatic heterocycles. The molecular formula is C137H156F4KN7O. The predicted octanol–water partition coefficient (Wildman–Crippen LogP) is 35.3. The summed E-state index contributed by atoms with van der Waals surface area (Å²) in [6, 6.07) is 83.9. The van der Waals surface area contributed by atoms with Crippen LogP contribution in [0.5, 0.6) is 0 Å². The van der Waals surface area contributed by atoms with Crippen molar-refractivity contribution in [1.82, 2.24) is 23.3 Å². The number of H-pyrrole nitrogens is 1. The van der Waals surface area contributed by atoms with Crippen molar-refractivity contribution >= 4 is 109 Å². The Morgan fingerprint density at radius 3 is 0.573 bits per heavy atom. The summed E-state index contributed by atoms with van der Waals surface area (Å²) in [5.41, 5.74) is 31.8. The smallest absolute Gasteiger partial charge is 0.850 e. The minimum Gasteiger partial charge on any atom is -0.850 e. The Hall–Kier alpha value is -11.6. The maximum Gasteiger partial charge on any atom is 1.00 e. The summed E-state index contributed by atoms with van der Waals surface area (Å²) in [5.74, 6) is -6.46. The van der Waals surface area contributed by atoms with Crippen molar-refractivity contribution in [2.75, 3.05) is 0 Å². The van der Waals surface area contributed by atoms with E-state index in [2.05, 4.69) is 452 Å². The van der Waals surface area contributed by atoms with E-state index in [0.29, 0.717) is 16.7 Å². The Balaban J connectivity index is 0.000000294. The molecule has 13 heteroatoms. The second-order valence-electron chi connectivity index (χ2n) is 53.4. The third-order valence-electron chi connectivity index (χ3n) is 30.0. The molecule has 8 nitrogen and oxygen atoms in total. The van der Waals surface area contributed by atoms with E-state index in [-0.39, 0.29) is 119 Å². The zero-order valence-corrected chi connectivity index (χ0v) is 99.4. The minimum atomic E-state index is -1.68. The number of fused-ring (bicyclic) bond motifs is 15. The first-order chi connectivity index (χ1) is 68.3. The maximum absolute atomic E-state index is 14.1. The summed E-state index contributed by atoms with van der Waals surface area (Å²) in [7, 11) is 0. The number of nitrogens with zero attached hydrogens (tertiary/aromatic N) is 6. The van der Waals surface area contributed by atoms with Crippen molar-refractivity contribution in [2.24, 2.45) is 0 Å². The van der Waals surface area contributed by atoms with E-state index in [0.717, 1.165) is 122 Å². The normalized spacial score (nSPS) is 12.8. The van der Waals surface area contributed by atoms with Gasteiger partial charge in [-0.15, -0.1) is 5.60 Å². The van der Waals surface area contributed by atoms with Crippen LogP contribution < -0.4 is 56.5 Å². The van der Waals surface area contributed by atoms with Crippen LogP contribution in [0.25, 0.3) is 154 Å². The Bertz CT molecular complexity index is 7970. The van der Waals surface area contributed by atoms with Gasteiger partial charge < -0.3 is 28.4 Å². The van der Waals surface area contributed by atoms with Crippen molar-refractivity contribution in [3.05, 3.63) is 330 Å². The van der Waals surface area contributed by atoms with Crippen molar-refractivity contribution in [3.8, 4) is 57.1 Å². The standard InChI is InChI=1S/C96H107N5.C20H25N.C16H11F4N.C4H9O.CH4.K/c1-55-44-56(2)83(57(3)45-55)84-87(100-79-40-32-62(93(16,17)18)50-70(79)71-51-63(94(19,20)21)33-41-80(71)100)85(98-75-36-28-58(89(4,5)6)46-66(75)67-47-59(90(7,8)9)29-37-76(67)98)74(54-97)86(99-77-38-30-60(91(10,11)12)48-68(77)69-49-61(92(13,14)15)31-39-78(69)99)88(84)101-81-42-34-64(95(22,23)24)52-72(81)73-53-65(96(25,26)27)35-43-82(73)101;1-19(2,3)13-7-9-17-15(11-13)16-12-14(20(4,5)6)8-10-18(16)21-17;1-7-4-8(2)11(9(3)5-7)12-15(19)13(17)10(6-21)14(18)16(12)20;1-4(2,3)5;;/h28-53H,1-27H3;7-12,21H,1-6H3;4-5H,1-3H3;1-3H3;1H4;/q;;;-1;;+1. The molecule has 1 N–H and O–H groups in total. The second-order valence-corrected chi connectivity index (χ2v) is 53.4. The van der Waals surface area contributed by atoms with Gasteiger partial charge in [-0.3, -0.25) is 0 Å². The zero-order valence-electron chi connectivity index (χ0n) is 96.2. The minimum absolute atomic E-state index is 0. The summed E-state index contributed by atoms with van der Waals surface area (Å²) < 4.78 is 66.0. The first-order valence-electron chi connectivity index (χ1n) is 52.5. The molecule has 14 aromatic carbocycles. The van der Waals surface area contributed by atoms with Gasteiger partial charge in [0.1, 0.15) is 23.3 Å². The molecule has 0 radical (unpaired) electrons. The van der Waals surface area contributed by atoms with E-state index >= 15 is 0 Å². The third kappa shape index (κ3) is 21.3. The molecule has 0 aliphatic rings. The summed E-state index contributed by atoms with van der Waals surface area (Å²) in [5, 5.41) is 44.5. The van der Waals surface area contributed by atoms with Crippen LogP contribution in [0, 0.1) is 87.5 Å². The van der Waals surface area contributed by atoms with E-state index in [1.165, 1.54) is 105 Å². The van der Waals surface area contributed by atoms with E-state index in [4.69, 9.17) is 5.26 Å². The SMILES string of the molecule is C.CC(C)(C)[O-].CC(C)(C)c1ccc2[nH]c3ccc(C(C)(C)C)cc3c2c1.Cc1cc(C)c(-c2c(-n3c4ccc(C(C)(C)C)cc4c4cc(C(C)(C)C)ccc43)c(-n3c4ccc(C(C)(C)C)cc4c4cc(C(C)(C)C)ccc43)c(C#N)c(-n3c4ccc(C(C)(C)C)cc4c4cc(C(C)(C)C)ccc43)c2-n2c3ccc(C(C)(C)C)cc3c3cc(C(C)(C)C)ccc32)c(C)c1.Cc1cc(C)c(-c2c(F)c(F)c(C#N)c(F)c2F)c(C)c1.[K+]. The van der Waals surface area contributed by atoms with Gasteiger partial charge in [-0.1, -0.05) is 332 Å². The molecule has 0 fully saturated rings. The molecule has 19 aromatic rings. The Kier molecular flexibility index (Phi) is 30.2. The van der Waals surface area contributed by atoms with Crippen LogP contribution in [-0.4, -0.2) is 28.9 Å². The molecule has 0 amide bonds. The summed E-state index contributed by atoms with van der Waals surface area (Å²) in [6.07, 6.45) is 0. The van der Waals surface area contributed by atoms with Crippen molar-refractivity contribution in [1.29, 1.82) is 10.5 Å². The van der Waals surface area contributed by atoms with Crippen LogP contribution >= 0.6 is 0 Å². The van der Waals surface area contributed by atoms with Crippen LogP contribution in [0.4, 0.5) is 17.6 Å². The fraction of sp³-hybridized carbons (Fsp3) is 0.372. The number of halogens is 4. The van der Waals surface area contributed by atoms with Gasteiger partial charge in [0.15, 0.2) is 23.3 Å². The van der Waals surface area contributed by atoms with Crippen LogP contribution in [0.15, 0.2) is 206 Å². The molecule has 0 saturated heterocycles. The molecule has 0 saturated carbocycles. The predicted molar refractivity (Wildman–Crippen MR) is 628 cm³/mol. The number of hydrogen-bond donors (Lipinski definition) is 1. The first-order valence-corrected chi connectivity index (χ1v) is 52.5. The fourth-order valence-corrected chi connectivity index (χ4v) is 21.6. The zero-order chi connectivity index (χ0) is 109. The average Bonchev–Trinajstić information content (AvgIpc) is 1.47. The Morgan fingerprint density at radius 1 is 0.227 bits per heavy atom. The third-order valence-corrected chi connectivity index (χ3v) is 30.0. The van der Waals surface area contributed by atoms with Gasteiger partial charge in [-0.2, -0.15) is 10.5 Å². The van der Waals surface area contributed by atoms with Crippen LogP contribution in [-0.2, 0) is 54.1 Å². The van der Waals surface area contributed by atoms with Gasteiger partial charge in [-0.05, 0) is 306 Å². The monoisotopic (exact) mass is 2030 g/mol.